The van der Waals surface area contributed by atoms with Gasteiger partial charge in [0.25, 0.3) is 0 Å². The molecule has 1 aliphatic carbocycles. The van der Waals surface area contributed by atoms with Gasteiger partial charge < -0.3 is 9.80 Å². The smallest absolute Gasteiger partial charge is 0.370 e. The topological polar surface area (TPSA) is 43.2 Å². The lowest BCUT2D eigenvalue weighted by Crippen LogP contribution is -2.37. The fourth-order valence-corrected chi connectivity index (χ4v) is 4.83. The Bertz CT molecular complexity index is 1310. The highest BCUT2D eigenvalue weighted by molar-refractivity contribution is 5.93. The van der Waals surface area contributed by atoms with Gasteiger partial charge in [-0.1, -0.05) is 57.0 Å². The van der Waals surface area contributed by atoms with Crippen molar-refractivity contribution in [3.05, 3.63) is 71.5 Å². The molecule has 1 aliphatic rings. The molecule has 2 aromatic rings. The predicted octanol–water partition coefficient (Wildman–Crippen LogP) is 8.72. The van der Waals surface area contributed by atoms with Gasteiger partial charge in [0.1, 0.15) is 0 Å². The second-order valence-corrected chi connectivity index (χ2v) is 10.9. The zero-order chi connectivity index (χ0) is 30.4. The highest BCUT2D eigenvalue weighted by atomic mass is 19.4. The summed E-state index contributed by atoms with van der Waals surface area (Å²) in [6, 6.07) is 7.74. The molecule has 3 rings (SSSR count). The Morgan fingerprint density at radius 2 is 1.83 bits per heavy atom. The number of hydrogen-bond donors (Lipinski definition) is 0. The number of anilines is 1. The van der Waals surface area contributed by atoms with Crippen LogP contribution in [0.25, 0.3) is 10.9 Å². The van der Waals surface area contributed by atoms with Crippen molar-refractivity contribution in [3.8, 4) is 6.19 Å². The molecule has 0 spiro atoms. The number of rotatable bonds is 12. The summed E-state index contributed by atoms with van der Waals surface area (Å²) in [5.74, 6) is 0.973. The first kappa shape index (κ1) is 32.0. The third-order valence-corrected chi connectivity index (χ3v) is 7.44. The van der Waals surface area contributed by atoms with Crippen LogP contribution < -0.4 is 4.90 Å². The Balaban J connectivity index is 1.97. The molecule has 1 fully saturated rings. The molecule has 0 N–H and O–H groups in total. The number of alkyl halides is 6. The lowest BCUT2D eigenvalue weighted by atomic mass is 9.84. The van der Waals surface area contributed by atoms with Crippen molar-refractivity contribution in [2.75, 3.05) is 24.5 Å². The molecule has 0 saturated heterocycles. The fraction of sp³-hybridized carbons (Fsp3) is 0.484. The standard InChI is InChI=1S/C31H36F6N4/c1-5-21(2)17-41(18-24-9-8-10-24)29-25(15-39-28-12-7-6-11-27(28)29)19-40(20-38)16-22(3)13-26(31(35,36)37)14-23(4)30(32,33)34/h6-7,11-15,21,24H,4-5,8-10,16-19H2,1-3H3/b22-13+,26-14+. The van der Waals surface area contributed by atoms with Gasteiger partial charge in [0, 0.05) is 42.4 Å². The first-order valence-corrected chi connectivity index (χ1v) is 13.7. The van der Waals surface area contributed by atoms with E-state index in [-0.39, 0.29) is 24.7 Å². The number of para-hydroxylation sites is 1. The van der Waals surface area contributed by atoms with Gasteiger partial charge in [-0.2, -0.15) is 31.6 Å². The van der Waals surface area contributed by atoms with Crippen molar-refractivity contribution in [2.45, 2.75) is 65.4 Å². The SMILES string of the molecule is C=C(/C=C(\C=C(/C)CN(C#N)Cc1cnc2ccccc2c1N(CC(C)CC)CC1CCC1)C(F)(F)F)C(F)(F)F. The highest BCUT2D eigenvalue weighted by Gasteiger charge is 2.36. The maximum atomic E-state index is 13.5. The van der Waals surface area contributed by atoms with Gasteiger partial charge >= 0.3 is 12.4 Å². The lowest BCUT2D eigenvalue weighted by molar-refractivity contribution is -0.0932. The number of nitriles is 1. The molecule has 1 aromatic heterocycles. The first-order valence-electron chi connectivity index (χ1n) is 13.7. The molecule has 0 amide bonds. The minimum absolute atomic E-state index is 0.0151. The van der Waals surface area contributed by atoms with Gasteiger partial charge in [-0.3, -0.25) is 4.98 Å². The molecule has 1 aromatic carbocycles. The zero-order valence-corrected chi connectivity index (χ0v) is 23.6. The van der Waals surface area contributed by atoms with E-state index in [4.69, 9.17) is 0 Å². The molecule has 1 heterocycles. The van der Waals surface area contributed by atoms with E-state index in [1.807, 2.05) is 30.5 Å². The minimum Gasteiger partial charge on any atom is -0.370 e. The van der Waals surface area contributed by atoms with E-state index in [1.54, 1.807) is 6.20 Å². The van der Waals surface area contributed by atoms with Gasteiger partial charge in [0.05, 0.1) is 23.3 Å². The summed E-state index contributed by atoms with van der Waals surface area (Å²) in [7, 11) is 0. The van der Waals surface area contributed by atoms with Crippen molar-refractivity contribution in [3.63, 3.8) is 0 Å². The number of benzene rings is 1. The molecule has 0 bridgehead atoms. The Labute approximate surface area is 237 Å². The molecular weight excluding hydrogens is 542 g/mol. The van der Waals surface area contributed by atoms with Crippen LogP contribution in [-0.2, 0) is 6.54 Å². The van der Waals surface area contributed by atoms with Crippen LogP contribution in [0.5, 0.6) is 0 Å². The van der Waals surface area contributed by atoms with Crippen LogP contribution in [0.4, 0.5) is 32.0 Å². The van der Waals surface area contributed by atoms with Gasteiger partial charge in [-0.25, -0.2) is 0 Å². The molecule has 1 unspecified atom stereocenters. The van der Waals surface area contributed by atoms with Crippen molar-refractivity contribution in [1.29, 1.82) is 5.26 Å². The Hall–Kier alpha value is -3.48. The molecule has 222 valence electrons. The van der Waals surface area contributed by atoms with E-state index >= 15 is 0 Å². The van der Waals surface area contributed by atoms with Gasteiger partial charge in [0.15, 0.2) is 6.19 Å². The third-order valence-electron chi connectivity index (χ3n) is 7.44. The lowest BCUT2D eigenvalue weighted by Gasteiger charge is -2.37. The zero-order valence-electron chi connectivity index (χ0n) is 23.6. The summed E-state index contributed by atoms with van der Waals surface area (Å²) in [4.78, 5) is 8.24. The molecule has 1 atom stereocenters. The number of nitrogens with zero attached hydrogens (tertiary/aromatic N) is 4. The fourth-order valence-electron chi connectivity index (χ4n) is 4.83. The number of hydrogen-bond acceptors (Lipinski definition) is 4. The molecule has 41 heavy (non-hydrogen) atoms. The largest absolute Gasteiger partial charge is 0.416 e. The summed E-state index contributed by atoms with van der Waals surface area (Å²) in [6.07, 6.45) is -1.16. The number of allylic oxidation sites excluding steroid dienone is 4. The summed E-state index contributed by atoms with van der Waals surface area (Å²) < 4.78 is 79.2. The summed E-state index contributed by atoms with van der Waals surface area (Å²) in [5, 5.41) is 10.9. The van der Waals surface area contributed by atoms with E-state index in [0.29, 0.717) is 17.9 Å². The highest BCUT2D eigenvalue weighted by Crippen LogP contribution is 2.36. The summed E-state index contributed by atoms with van der Waals surface area (Å²) in [5.41, 5.74) is -0.487. The Morgan fingerprint density at radius 1 is 1.15 bits per heavy atom. The van der Waals surface area contributed by atoms with Crippen LogP contribution in [0.3, 0.4) is 0 Å². The summed E-state index contributed by atoms with van der Waals surface area (Å²) >= 11 is 0. The second kappa shape index (κ2) is 13.5. The number of fused-ring (bicyclic) bond motifs is 1. The average molecular weight is 579 g/mol. The maximum absolute atomic E-state index is 13.5. The van der Waals surface area contributed by atoms with Crippen LogP contribution in [0.15, 0.2) is 65.9 Å². The van der Waals surface area contributed by atoms with Gasteiger partial charge in [0.2, 0.25) is 0 Å². The van der Waals surface area contributed by atoms with Crippen LogP contribution in [0.1, 0.15) is 52.0 Å². The Kier molecular flexibility index (Phi) is 10.5. The minimum atomic E-state index is -5.03. The quantitative estimate of drug-likeness (QED) is 0.109. The normalized spacial score (nSPS) is 15.8. The van der Waals surface area contributed by atoms with Crippen molar-refractivity contribution < 1.29 is 26.3 Å². The van der Waals surface area contributed by atoms with Gasteiger partial charge in [-0.15, -0.1) is 0 Å². The molecular formula is C31H36F6N4. The van der Waals surface area contributed by atoms with E-state index in [2.05, 4.69) is 30.3 Å². The van der Waals surface area contributed by atoms with E-state index < -0.39 is 23.5 Å². The van der Waals surface area contributed by atoms with E-state index in [1.165, 1.54) is 18.2 Å². The molecule has 1 saturated carbocycles. The molecule has 10 heteroatoms. The number of halogens is 6. The van der Waals surface area contributed by atoms with E-state index in [0.717, 1.165) is 54.5 Å². The van der Waals surface area contributed by atoms with Crippen LogP contribution in [0, 0.1) is 23.3 Å². The molecule has 4 nitrogen and oxygen atoms in total. The van der Waals surface area contributed by atoms with E-state index in [9.17, 15) is 31.6 Å². The third kappa shape index (κ3) is 8.75. The van der Waals surface area contributed by atoms with Crippen LogP contribution in [0.2, 0.25) is 0 Å². The number of pyridine rings is 1. The summed E-state index contributed by atoms with van der Waals surface area (Å²) in [6.45, 7) is 9.94. The number of aromatic nitrogens is 1. The molecule has 0 aliphatic heterocycles. The monoisotopic (exact) mass is 578 g/mol. The molecule has 0 radical (unpaired) electrons. The van der Waals surface area contributed by atoms with Gasteiger partial charge in [-0.05, 0) is 49.8 Å². The van der Waals surface area contributed by atoms with Crippen molar-refractivity contribution >= 4 is 16.6 Å². The first-order chi connectivity index (χ1) is 19.2. The van der Waals surface area contributed by atoms with Crippen molar-refractivity contribution in [2.24, 2.45) is 11.8 Å². The Morgan fingerprint density at radius 3 is 2.39 bits per heavy atom. The second-order valence-electron chi connectivity index (χ2n) is 10.9. The van der Waals surface area contributed by atoms with Crippen LogP contribution in [-0.4, -0.2) is 41.9 Å². The predicted molar refractivity (Wildman–Crippen MR) is 150 cm³/mol. The average Bonchev–Trinajstić information content (AvgIpc) is 2.87. The van der Waals surface area contributed by atoms with Crippen LogP contribution >= 0.6 is 0 Å². The maximum Gasteiger partial charge on any atom is 0.416 e. The van der Waals surface area contributed by atoms with Crippen molar-refractivity contribution in [1.82, 2.24) is 9.88 Å².